The second-order valence-corrected chi connectivity index (χ2v) is 5.39. The van der Waals surface area contributed by atoms with Crippen molar-refractivity contribution >= 4 is 24.0 Å². The summed E-state index contributed by atoms with van der Waals surface area (Å²) < 4.78 is 30.9. The molecule has 0 aromatic heterocycles. The fourth-order valence-electron chi connectivity index (χ4n) is 2.60. The van der Waals surface area contributed by atoms with E-state index in [4.69, 9.17) is 16.3 Å². The highest BCUT2D eigenvalue weighted by atomic mass is 35.5. The monoisotopic (exact) mass is 356 g/mol. The molecular formula is C14H20Cl2F2N2O2. The van der Waals surface area contributed by atoms with Crippen molar-refractivity contribution in [3.63, 3.8) is 0 Å². The number of nitrogens with zero attached hydrogens (tertiary/aromatic N) is 1. The number of hydrogen-bond donors (Lipinski definition) is 2. The van der Waals surface area contributed by atoms with Gasteiger partial charge in [0.15, 0.2) is 11.5 Å². The molecule has 2 rings (SSSR count). The SMILES string of the molecule is COc1cc([C@H](CC(F)F)N2CCNCC2)cc(Cl)c1O.Cl. The number of phenolic OH excluding ortho intramolecular Hbond substituents is 1. The van der Waals surface area contributed by atoms with Gasteiger partial charge in [-0.15, -0.1) is 12.4 Å². The number of piperazine rings is 1. The molecule has 1 aromatic rings. The Bertz CT molecular complexity index is 486. The van der Waals surface area contributed by atoms with Crippen LogP contribution in [0.3, 0.4) is 0 Å². The highest BCUT2D eigenvalue weighted by Crippen LogP contribution is 2.39. The number of phenols is 1. The zero-order valence-electron chi connectivity index (χ0n) is 12.2. The zero-order chi connectivity index (χ0) is 15.4. The first-order valence-electron chi connectivity index (χ1n) is 6.82. The summed E-state index contributed by atoms with van der Waals surface area (Å²) in [4.78, 5) is 2.00. The van der Waals surface area contributed by atoms with Crippen molar-refractivity contribution < 1.29 is 18.6 Å². The van der Waals surface area contributed by atoms with Crippen molar-refractivity contribution in [2.24, 2.45) is 0 Å². The van der Waals surface area contributed by atoms with E-state index in [0.717, 1.165) is 13.1 Å². The predicted molar refractivity (Wildman–Crippen MR) is 84.7 cm³/mol. The lowest BCUT2D eigenvalue weighted by atomic mass is 10.0. The number of ether oxygens (including phenoxy) is 1. The van der Waals surface area contributed by atoms with Crippen LogP contribution in [0.25, 0.3) is 0 Å². The van der Waals surface area contributed by atoms with Gasteiger partial charge in [-0.05, 0) is 17.7 Å². The Morgan fingerprint density at radius 3 is 2.55 bits per heavy atom. The molecule has 8 heteroatoms. The third-order valence-corrected chi connectivity index (χ3v) is 3.94. The van der Waals surface area contributed by atoms with E-state index in [1.165, 1.54) is 13.2 Å². The minimum absolute atomic E-state index is 0. The number of halogens is 4. The molecule has 1 heterocycles. The van der Waals surface area contributed by atoms with E-state index in [-0.39, 0.29) is 35.3 Å². The molecule has 0 aliphatic carbocycles. The molecule has 1 fully saturated rings. The van der Waals surface area contributed by atoms with Crippen LogP contribution >= 0.6 is 24.0 Å². The maximum atomic E-state index is 12.9. The molecule has 1 aromatic carbocycles. The highest BCUT2D eigenvalue weighted by molar-refractivity contribution is 6.32. The Hall–Kier alpha value is -0.820. The molecule has 22 heavy (non-hydrogen) atoms. The second-order valence-electron chi connectivity index (χ2n) is 4.98. The highest BCUT2D eigenvalue weighted by Gasteiger charge is 2.27. The third-order valence-electron chi connectivity index (χ3n) is 3.65. The van der Waals surface area contributed by atoms with Crippen molar-refractivity contribution in [3.05, 3.63) is 22.7 Å². The molecule has 0 saturated carbocycles. The molecule has 1 aliphatic heterocycles. The van der Waals surface area contributed by atoms with Gasteiger partial charge in [0.05, 0.1) is 12.1 Å². The molecule has 4 nitrogen and oxygen atoms in total. The average molecular weight is 357 g/mol. The molecule has 1 aliphatic rings. The normalized spacial score (nSPS) is 17.1. The summed E-state index contributed by atoms with van der Waals surface area (Å²) in [7, 11) is 1.40. The molecule has 126 valence electrons. The van der Waals surface area contributed by atoms with Crippen molar-refractivity contribution in [1.82, 2.24) is 10.2 Å². The van der Waals surface area contributed by atoms with Crippen LogP contribution in [0.2, 0.25) is 5.02 Å². The van der Waals surface area contributed by atoms with Crippen LogP contribution in [0.1, 0.15) is 18.0 Å². The van der Waals surface area contributed by atoms with Gasteiger partial charge in [0.1, 0.15) is 0 Å². The summed E-state index contributed by atoms with van der Waals surface area (Å²) in [5.41, 5.74) is 0.636. The van der Waals surface area contributed by atoms with E-state index in [9.17, 15) is 13.9 Å². The van der Waals surface area contributed by atoms with Crippen LogP contribution in [0, 0.1) is 0 Å². The number of aromatic hydroxyl groups is 1. The smallest absolute Gasteiger partial charge is 0.240 e. The van der Waals surface area contributed by atoms with Gasteiger partial charge in [-0.2, -0.15) is 0 Å². The average Bonchev–Trinajstić information content (AvgIpc) is 2.48. The number of benzene rings is 1. The molecule has 2 N–H and O–H groups in total. The van der Waals surface area contributed by atoms with Gasteiger partial charge in [-0.25, -0.2) is 8.78 Å². The lowest BCUT2D eigenvalue weighted by molar-refractivity contribution is 0.0738. The Kier molecular flexibility index (Phi) is 7.62. The quantitative estimate of drug-likeness (QED) is 0.850. The number of methoxy groups -OCH3 is 1. The van der Waals surface area contributed by atoms with E-state index < -0.39 is 12.5 Å². The van der Waals surface area contributed by atoms with E-state index in [1.54, 1.807) is 6.07 Å². The number of alkyl halides is 2. The second kappa shape index (κ2) is 8.72. The standard InChI is InChI=1S/C14H19ClF2N2O2.ClH/c1-21-12-7-9(6-10(15)14(12)20)11(8-13(16)17)19-4-2-18-3-5-19;/h6-7,11,13,18,20H,2-5,8H2,1H3;1H/t11-;/m0./s1. The molecular weight excluding hydrogens is 337 g/mol. The first kappa shape index (κ1) is 19.2. The summed E-state index contributed by atoms with van der Waals surface area (Å²) in [6.07, 6.45) is -2.69. The lowest BCUT2D eigenvalue weighted by Crippen LogP contribution is -2.45. The van der Waals surface area contributed by atoms with Gasteiger partial charge < -0.3 is 15.2 Å². The molecule has 0 bridgehead atoms. The van der Waals surface area contributed by atoms with Crippen molar-refractivity contribution in [2.45, 2.75) is 18.9 Å². The van der Waals surface area contributed by atoms with E-state index >= 15 is 0 Å². The minimum atomic E-state index is -2.41. The first-order valence-corrected chi connectivity index (χ1v) is 7.20. The topological polar surface area (TPSA) is 44.7 Å². The van der Waals surface area contributed by atoms with Gasteiger partial charge in [-0.1, -0.05) is 11.6 Å². The van der Waals surface area contributed by atoms with Crippen LogP contribution in [0.4, 0.5) is 8.78 Å². The van der Waals surface area contributed by atoms with Crippen molar-refractivity contribution in [1.29, 1.82) is 0 Å². The fraction of sp³-hybridized carbons (Fsp3) is 0.571. The van der Waals surface area contributed by atoms with Gasteiger partial charge in [0, 0.05) is 38.6 Å². The van der Waals surface area contributed by atoms with Gasteiger partial charge in [0.25, 0.3) is 0 Å². The summed E-state index contributed by atoms with van der Waals surface area (Å²) >= 11 is 5.97. The Morgan fingerprint density at radius 1 is 1.36 bits per heavy atom. The first-order chi connectivity index (χ1) is 10.0. The molecule has 1 saturated heterocycles. The van der Waals surface area contributed by atoms with Crippen LogP contribution in [0.15, 0.2) is 12.1 Å². The van der Waals surface area contributed by atoms with E-state index in [1.807, 2.05) is 4.90 Å². The number of hydrogen-bond acceptors (Lipinski definition) is 4. The Balaban J connectivity index is 0.00000242. The van der Waals surface area contributed by atoms with Gasteiger partial charge >= 0.3 is 0 Å². The lowest BCUT2D eigenvalue weighted by Gasteiger charge is -2.35. The third kappa shape index (κ3) is 4.59. The van der Waals surface area contributed by atoms with Crippen LogP contribution in [-0.2, 0) is 0 Å². The fourth-order valence-corrected chi connectivity index (χ4v) is 2.82. The summed E-state index contributed by atoms with van der Waals surface area (Å²) in [5.74, 6) is 0.0333. The summed E-state index contributed by atoms with van der Waals surface area (Å²) in [6, 6.07) is 2.67. The maximum absolute atomic E-state index is 12.9. The molecule has 0 spiro atoms. The van der Waals surface area contributed by atoms with Crippen LogP contribution in [0.5, 0.6) is 11.5 Å². The van der Waals surface area contributed by atoms with Gasteiger partial charge in [-0.3, -0.25) is 4.90 Å². The predicted octanol–water partition coefficient (Wildman–Crippen LogP) is 3.08. The molecule has 0 radical (unpaired) electrons. The minimum Gasteiger partial charge on any atom is -0.503 e. The number of rotatable bonds is 5. The largest absolute Gasteiger partial charge is 0.503 e. The summed E-state index contributed by atoms with van der Waals surface area (Å²) in [5, 5.41) is 13.1. The summed E-state index contributed by atoms with van der Waals surface area (Å²) in [6.45, 7) is 2.92. The molecule has 0 unspecified atom stereocenters. The number of nitrogens with one attached hydrogen (secondary N) is 1. The molecule has 0 amide bonds. The Morgan fingerprint density at radius 2 is 2.00 bits per heavy atom. The van der Waals surface area contributed by atoms with E-state index in [0.29, 0.717) is 18.7 Å². The maximum Gasteiger partial charge on any atom is 0.240 e. The molecule has 1 atom stereocenters. The van der Waals surface area contributed by atoms with E-state index in [2.05, 4.69) is 5.32 Å². The van der Waals surface area contributed by atoms with Crippen molar-refractivity contribution in [3.8, 4) is 11.5 Å². The zero-order valence-corrected chi connectivity index (χ0v) is 13.8. The van der Waals surface area contributed by atoms with Crippen molar-refractivity contribution in [2.75, 3.05) is 33.3 Å². The van der Waals surface area contributed by atoms with Crippen LogP contribution in [-0.4, -0.2) is 49.7 Å². The van der Waals surface area contributed by atoms with Gasteiger partial charge in [0.2, 0.25) is 6.43 Å². The Labute approximate surface area is 139 Å². The van der Waals surface area contributed by atoms with Crippen LogP contribution < -0.4 is 10.1 Å².